The number of ether oxygens (including phenoxy) is 1. The number of phenolic OH excluding ortho intramolecular Hbond substituents is 1. The van der Waals surface area contributed by atoms with Gasteiger partial charge in [0.2, 0.25) is 5.91 Å². The lowest BCUT2D eigenvalue weighted by atomic mass is 10.2. The van der Waals surface area contributed by atoms with Crippen LogP contribution in [0.3, 0.4) is 0 Å². The number of sulfonamides is 1. The highest BCUT2D eigenvalue weighted by Crippen LogP contribution is 2.36. The Bertz CT molecular complexity index is 1210. The Morgan fingerprint density at radius 2 is 1.90 bits per heavy atom. The standard InChI is InChI=1S/C19H22N2O8S2/c1-12(22)20-13-6-7-18(29-2)19(8-13)31(27,28)21(14-4-3-5-15(23)9-14)16-10-30(25,26)11-17(16)24/h3-9,16-17,23-24H,10-11H2,1-2H3,(H,20,22)/t16-,17+/m1/s1. The van der Waals surface area contributed by atoms with Gasteiger partial charge in [0.1, 0.15) is 16.4 Å². The van der Waals surface area contributed by atoms with Crippen molar-refractivity contribution in [2.45, 2.75) is 24.0 Å². The Balaban J connectivity index is 2.22. The predicted molar refractivity (Wildman–Crippen MR) is 114 cm³/mol. The number of benzene rings is 2. The number of aliphatic hydroxyl groups excluding tert-OH is 1. The highest BCUT2D eigenvalue weighted by molar-refractivity contribution is 7.93. The maximum absolute atomic E-state index is 13.8. The molecule has 10 nitrogen and oxygen atoms in total. The van der Waals surface area contributed by atoms with E-state index in [0.717, 1.165) is 10.4 Å². The van der Waals surface area contributed by atoms with Crippen molar-refractivity contribution in [1.29, 1.82) is 0 Å². The molecule has 0 unspecified atom stereocenters. The second kappa shape index (κ2) is 8.36. The number of methoxy groups -OCH3 is 1. The quantitative estimate of drug-likeness (QED) is 0.559. The predicted octanol–water partition coefficient (Wildman–Crippen LogP) is 0.712. The molecule has 0 spiro atoms. The molecular formula is C19H22N2O8S2. The van der Waals surface area contributed by atoms with Crippen molar-refractivity contribution in [3.05, 3.63) is 42.5 Å². The molecule has 3 rings (SSSR count). The third-order valence-electron chi connectivity index (χ3n) is 4.70. The minimum Gasteiger partial charge on any atom is -0.508 e. The molecule has 2 aromatic carbocycles. The van der Waals surface area contributed by atoms with Crippen LogP contribution in [0.5, 0.6) is 11.5 Å². The summed E-state index contributed by atoms with van der Waals surface area (Å²) in [5.74, 6) is -1.90. The van der Waals surface area contributed by atoms with E-state index in [1.54, 1.807) is 0 Å². The molecule has 1 aliphatic heterocycles. The molecule has 2 aromatic rings. The van der Waals surface area contributed by atoms with E-state index >= 15 is 0 Å². The van der Waals surface area contributed by atoms with Crippen molar-refractivity contribution in [3.8, 4) is 11.5 Å². The van der Waals surface area contributed by atoms with E-state index in [0.29, 0.717) is 0 Å². The molecule has 2 atom stereocenters. The third-order valence-corrected chi connectivity index (χ3v) is 8.27. The van der Waals surface area contributed by atoms with Crippen molar-refractivity contribution in [2.24, 2.45) is 0 Å². The number of nitrogens with zero attached hydrogens (tertiary/aromatic N) is 1. The van der Waals surface area contributed by atoms with Crippen LogP contribution in [-0.4, -0.2) is 63.7 Å². The summed E-state index contributed by atoms with van der Waals surface area (Å²) in [6, 6.07) is 7.90. The highest BCUT2D eigenvalue weighted by atomic mass is 32.2. The summed E-state index contributed by atoms with van der Waals surface area (Å²) in [6.45, 7) is 1.26. The average molecular weight is 471 g/mol. The third kappa shape index (κ3) is 4.75. The number of aliphatic hydroxyl groups is 1. The zero-order chi connectivity index (χ0) is 23.0. The number of rotatable bonds is 6. The fraction of sp³-hybridized carbons (Fsp3) is 0.316. The number of phenols is 1. The van der Waals surface area contributed by atoms with Gasteiger partial charge in [-0.1, -0.05) is 6.07 Å². The van der Waals surface area contributed by atoms with Gasteiger partial charge in [0.05, 0.1) is 36.4 Å². The Morgan fingerprint density at radius 3 is 2.45 bits per heavy atom. The van der Waals surface area contributed by atoms with Gasteiger partial charge >= 0.3 is 0 Å². The summed E-state index contributed by atoms with van der Waals surface area (Å²) in [5.41, 5.74) is 0.149. The van der Waals surface area contributed by atoms with Gasteiger partial charge in [-0.3, -0.25) is 9.10 Å². The zero-order valence-corrected chi connectivity index (χ0v) is 18.4. The summed E-state index contributed by atoms with van der Waals surface area (Å²) in [5, 5.41) is 22.8. The fourth-order valence-electron chi connectivity index (χ4n) is 3.44. The maximum Gasteiger partial charge on any atom is 0.268 e. The number of hydrogen-bond acceptors (Lipinski definition) is 8. The van der Waals surface area contributed by atoms with Gasteiger partial charge in [0, 0.05) is 18.7 Å². The van der Waals surface area contributed by atoms with Gasteiger partial charge in [-0.05, 0) is 30.3 Å². The van der Waals surface area contributed by atoms with Gasteiger partial charge in [-0.15, -0.1) is 0 Å². The van der Waals surface area contributed by atoms with E-state index in [-0.39, 0.29) is 27.8 Å². The lowest BCUT2D eigenvalue weighted by Gasteiger charge is -2.32. The monoisotopic (exact) mass is 470 g/mol. The Kier molecular flexibility index (Phi) is 6.16. The van der Waals surface area contributed by atoms with Crippen LogP contribution in [0.15, 0.2) is 47.4 Å². The summed E-state index contributed by atoms with van der Waals surface area (Å²) >= 11 is 0. The van der Waals surface area contributed by atoms with Crippen molar-refractivity contribution in [3.63, 3.8) is 0 Å². The van der Waals surface area contributed by atoms with Gasteiger partial charge in [0.25, 0.3) is 10.0 Å². The van der Waals surface area contributed by atoms with E-state index in [1.807, 2.05) is 0 Å². The van der Waals surface area contributed by atoms with Crippen LogP contribution in [0, 0.1) is 0 Å². The number of amides is 1. The molecule has 3 N–H and O–H groups in total. The number of aromatic hydroxyl groups is 1. The minimum absolute atomic E-state index is 0.0341. The molecule has 1 amide bonds. The Morgan fingerprint density at radius 1 is 1.19 bits per heavy atom. The minimum atomic E-state index is -4.52. The number of carbonyl (C=O) groups is 1. The number of hydrogen-bond donors (Lipinski definition) is 3. The normalized spacial score (nSPS) is 20.2. The first-order chi connectivity index (χ1) is 14.4. The van der Waals surface area contributed by atoms with Gasteiger partial charge in [-0.2, -0.15) is 0 Å². The summed E-state index contributed by atoms with van der Waals surface area (Å²) in [4.78, 5) is 11.1. The molecule has 0 bridgehead atoms. The van der Waals surface area contributed by atoms with Crippen LogP contribution in [0.25, 0.3) is 0 Å². The molecule has 0 radical (unpaired) electrons. The molecule has 0 aromatic heterocycles. The number of carbonyl (C=O) groups excluding carboxylic acids is 1. The maximum atomic E-state index is 13.8. The summed E-state index contributed by atoms with van der Waals surface area (Å²) in [6.07, 6.45) is -1.48. The molecule has 1 fully saturated rings. The second-order valence-electron chi connectivity index (χ2n) is 7.08. The molecular weight excluding hydrogens is 448 g/mol. The Hall–Kier alpha value is -2.83. The van der Waals surface area contributed by atoms with Crippen LogP contribution in [0.1, 0.15) is 6.92 Å². The van der Waals surface area contributed by atoms with E-state index < -0.39 is 49.4 Å². The van der Waals surface area contributed by atoms with E-state index in [1.165, 1.54) is 50.4 Å². The van der Waals surface area contributed by atoms with Crippen molar-refractivity contribution in [1.82, 2.24) is 0 Å². The Labute approximate surface area is 180 Å². The lowest BCUT2D eigenvalue weighted by Crippen LogP contribution is -2.47. The van der Waals surface area contributed by atoms with Gasteiger partial charge in [-0.25, -0.2) is 16.8 Å². The molecule has 1 heterocycles. The molecule has 1 aliphatic rings. The van der Waals surface area contributed by atoms with Crippen LogP contribution < -0.4 is 14.4 Å². The first kappa shape index (κ1) is 22.8. The lowest BCUT2D eigenvalue weighted by molar-refractivity contribution is -0.114. The van der Waals surface area contributed by atoms with Crippen molar-refractivity contribution >= 4 is 37.1 Å². The molecule has 0 saturated carbocycles. The van der Waals surface area contributed by atoms with E-state index in [2.05, 4.69) is 5.32 Å². The topological polar surface area (TPSA) is 150 Å². The zero-order valence-electron chi connectivity index (χ0n) is 16.7. The first-order valence-corrected chi connectivity index (χ1v) is 12.4. The fourth-order valence-corrected chi connectivity index (χ4v) is 7.16. The van der Waals surface area contributed by atoms with Gasteiger partial charge in [0.15, 0.2) is 9.84 Å². The molecule has 31 heavy (non-hydrogen) atoms. The van der Waals surface area contributed by atoms with E-state index in [4.69, 9.17) is 4.74 Å². The van der Waals surface area contributed by atoms with E-state index in [9.17, 15) is 31.8 Å². The number of sulfone groups is 1. The van der Waals surface area contributed by atoms with Gasteiger partial charge < -0.3 is 20.3 Å². The van der Waals surface area contributed by atoms with Crippen molar-refractivity contribution < 1.29 is 36.6 Å². The highest BCUT2D eigenvalue weighted by Gasteiger charge is 2.45. The van der Waals surface area contributed by atoms with Crippen LogP contribution in [0.4, 0.5) is 11.4 Å². The SMILES string of the molecule is COc1ccc(NC(C)=O)cc1S(=O)(=O)N(c1cccc(O)c1)[C@@H]1CS(=O)(=O)C[C@@H]1O. The van der Waals surface area contributed by atoms with Crippen LogP contribution >= 0.6 is 0 Å². The average Bonchev–Trinajstić information content (AvgIpc) is 2.93. The molecule has 1 saturated heterocycles. The van der Waals surface area contributed by atoms with Crippen LogP contribution in [-0.2, 0) is 24.7 Å². The number of anilines is 2. The molecule has 168 valence electrons. The molecule has 0 aliphatic carbocycles. The summed E-state index contributed by atoms with van der Waals surface area (Å²) < 4.78 is 57.7. The summed E-state index contributed by atoms with van der Waals surface area (Å²) in [7, 11) is -6.95. The first-order valence-electron chi connectivity index (χ1n) is 9.12. The largest absolute Gasteiger partial charge is 0.508 e. The van der Waals surface area contributed by atoms with Crippen molar-refractivity contribution in [2.75, 3.05) is 28.2 Å². The molecule has 12 heteroatoms. The number of nitrogens with one attached hydrogen (secondary N) is 1. The van der Waals surface area contributed by atoms with Crippen LogP contribution in [0.2, 0.25) is 0 Å². The second-order valence-corrected chi connectivity index (χ2v) is 11.0. The smallest absolute Gasteiger partial charge is 0.268 e.